The first-order valence-electron chi connectivity index (χ1n) is 23.5. The van der Waals surface area contributed by atoms with Crippen molar-refractivity contribution < 1.29 is 0 Å². The molecule has 6 nitrogen and oxygen atoms in total. The molecule has 1 aromatic heterocycles. The Hall–Kier alpha value is -8.61. The minimum Gasteiger partial charge on any atom is -0.310 e. The largest absolute Gasteiger partial charge is 0.310 e. The summed E-state index contributed by atoms with van der Waals surface area (Å²) < 4.78 is 0. The van der Waals surface area contributed by atoms with Crippen LogP contribution in [0.5, 0.6) is 0 Å². The zero-order chi connectivity index (χ0) is 47.4. The quantitative estimate of drug-likeness (QED) is 0.122. The highest BCUT2D eigenvalue weighted by molar-refractivity contribution is 5.82. The van der Waals surface area contributed by atoms with Crippen molar-refractivity contribution in [2.45, 2.75) is 41.5 Å². The van der Waals surface area contributed by atoms with Crippen molar-refractivity contribution in [3.05, 3.63) is 252 Å². The van der Waals surface area contributed by atoms with Crippen LogP contribution in [0.25, 0.3) is 34.2 Å². The summed E-state index contributed by atoms with van der Waals surface area (Å²) in [4.78, 5) is 22.5. The Bertz CT molecular complexity index is 2900. The van der Waals surface area contributed by atoms with Crippen molar-refractivity contribution >= 4 is 51.2 Å². The van der Waals surface area contributed by atoms with E-state index in [1.807, 2.05) is 0 Å². The summed E-state index contributed by atoms with van der Waals surface area (Å²) in [5.41, 5.74) is 19.5. The maximum Gasteiger partial charge on any atom is 0.164 e. The molecule has 10 aromatic rings. The zero-order valence-corrected chi connectivity index (χ0v) is 40.0. The second-order valence-electron chi connectivity index (χ2n) is 18.0. The van der Waals surface area contributed by atoms with Crippen molar-refractivity contribution in [3.8, 4) is 34.2 Å². The van der Waals surface area contributed by atoms with Gasteiger partial charge in [-0.05, 0) is 221 Å². The van der Waals surface area contributed by atoms with E-state index in [-0.39, 0.29) is 0 Å². The molecule has 0 bridgehead atoms. The lowest BCUT2D eigenvalue weighted by molar-refractivity contribution is 1.07. The number of anilines is 9. The minimum absolute atomic E-state index is 0.592. The lowest BCUT2D eigenvalue weighted by Gasteiger charge is -2.26. The highest BCUT2D eigenvalue weighted by atomic mass is 15.2. The Kier molecular flexibility index (Phi) is 12.4. The van der Waals surface area contributed by atoms with E-state index in [2.05, 4.69) is 275 Å². The van der Waals surface area contributed by atoms with Crippen LogP contribution in [0, 0.1) is 41.5 Å². The molecule has 0 radical (unpaired) electrons. The van der Waals surface area contributed by atoms with E-state index >= 15 is 0 Å². The number of aromatic nitrogens is 3. The third-order valence-electron chi connectivity index (χ3n) is 12.3. The molecule has 0 fully saturated rings. The van der Waals surface area contributed by atoms with E-state index in [0.717, 1.165) is 67.9 Å². The van der Waals surface area contributed by atoms with Gasteiger partial charge in [0.2, 0.25) is 0 Å². The molecule has 336 valence electrons. The van der Waals surface area contributed by atoms with E-state index in [1.165, 1.54) is 33.4 Å². The van der Waals surface area contributed by atoms with Crippen LogP contribution in [-0.4, -0.2) is 15.0 Å². The summed E-state index contributed by atoms with van der Waals surface area (Å²) in [6.45, 7) is 12.8. The van der Waals surface area contributed by atoms with Gasteiger partial charge in [0.05, 0.1) is 0 Å². The van der Waals surface area contributed by atoms with Gasteiger partial charge in [0.15, 0.2) is 17.5 Å². The average Bonchev–Trinajstić information content (AvgIpc) is 3.35. The fraction of sp³-hybridized carbons (Fsp3) is 0.0952. The first-order valence-corrected chi connectivity index (χ1v) is 23.5. The Balaban J connectivity index is 1.07. The van der Waals surface area contributed by atoms with Crippen molar-refractivity contribution in [1.29, 1.82) is 0 Å². The molecule has 0 aliphatic carbocycles. The topological polar surface area (TPSA) is 48.4 Å². The number of benzene rings is 9. The molecule has 9 aromatic carbocycles. The molecule has 1 heterocycles. The van der Waals surface area contributed by atoms with Gasteiger partial charge in [-0.25, -0.2) is 15.0 Å². The smallest absolute Gasteiger partial charge is 0.164 e. The summed E-state index contributed by atoms with van der Waals surface area (Å²) in [5, 5.41) is 0. The van der Waals surface area contributed by atoms with Crippen LogP contribution in [0.3, 0.4) is 0 Å². The maximum atomic E-state index is 5.21. The van der Waals surface area contributed by atoms with Gasteiger partial charge in [-0.3, -0.25) is 0 Å². The molecular weight excluding hydrogens is 841 g/mol. The molecule has 0 unspecified atom stereocenters. The monoisotopic (exact) mass is 894 g/mol. The van der Waals surface area contributed by atoms with Crippen molar-refractivity contribution in [1.82, 2.24) is 15.0 Å². The first kappa shape index (κ1) is 44.2. The molecule has 0 saturated carbocycles. The average molecular weight is 895 g/mol. The standard InChI is InChI=1S/C63H54N6/c1-43-13-7-19-55(37-43)67(56-20-8-14-44(2)38-56)52-31-25-49(26-32-52)61-64-62(50-27-33-53(34-28-50)68(57-21-9-15-45(3)39-57)58-22-10-16-46(4)40-58)66-63(65-61)51-29-35-54(36-30-51)69(59-23-11-17-47(5)41-59)60-24-12-18-48(6)42-60/h7-42H,1-6H3. The number of nitrogens with zero attached hydrogens (tertiary/aromatic N) is 6. The van der Waals surface area contributed by atoms with E-state index in [4.69, 9.17) is 15.0 Å². The van der Waals surface area contributed by atoms with Crippen molar-refractivity contribution in [2.75, 3.05) is 14.7 Å². The van der Waals surface area contributed by atoms with Gasteiger partial charge in [0.25, 0.3) is 0 Å². The van der Waals surface area contributed by atoms with Gasteiger partial charge in [0.1, 0.15) is 0 Å². The van der Waals surface area contributed by atoms with Gasteiger partial charge in [-0.1, -0.05) is 72.8 Å². The van der Waals surface area contributed by atoms with E-state index in [1.54, 1.807) is 0 Å². The lowest BCUT2D eigenvalue weighted by atomic mass is 10.1. The highest BCUT2D eigenvalue weighted by Crippen LogP contribution is 2.40. The summed E-state index contributed by atoms with van der Waals surface area (Å²) in [6, 6.07) is 77.4. The fourth-order valence-electron chi connectivity index (χ4n) is 8.99. The van der Waals surface area contributed by atoms with Crippen LogP contribution in [0.4, 0.5) is 51.2 Å². The van der Waals surface area contributed by atoms with E-state index in [9.17, 15) is 0 Å². The van der Waals surface area contributed by atoms with Gasteiger partial charge in [-0.15, -0.1) is 0 Å². The van der Waals surface area contributed by atoms with Crippen LogP contribution in [0.1, 0.15) is 33.4 Å². The molecule has 0 saturated heterocycles. The number of aryl methyl sites for hydroxylation is 6. The van der Waals surface area contributed by atoms with Crippen LogP contribution < -0.4 is 14.7 Å². The summed E-state index contributed by atoms with van der Waals surface area (Å²) in [5.74, 6) is 1.78. The normalized spacial score (nSPS) is 11.0. The van der Waals surface area contributed by atoms with Gasteiger partial charge < -0.3 is 14.7 Å². The van der Waals surface area contributed by atoms with Crippen LogP contribution in [-0.2, 0) is 0 Å². The fourth-order valence-corrected chi connectivity index (χ4v) is 8.99. The van der Waals surface area contributed by atoms with Gasteiger partial charge in [-0.2, -0.15) is 0 Å². The highest BCUT2D eigenvalue weighted by Gasteiger charge is 2.19. The van der Waals surface area contributed by atoms with Crippen LogP contribution in [0.15, 0.2) is 218 Å². The van der Waals surface area contributed by atoms with Crippen molar-refractivity contribution in [2.24, 2.45) is 0 Å². The lowest BCUT2D eigenvalue weighted by Crippen LogP contribution is -2.10. The Morgan fingerprint density at radius 2 is 0.406 bits per heavy atom. The molecule has 6 heteroatoms. The molecule has 0 spiro atoms. The van der Waals surface area contributed by atoms with Crippen LogP contribution >= 0.6 is 0 Å². The second-order valence-corrected chi connectivity index (χ2v) is 18.0. The molecule has 0 aliphatic rings. The number of hydrogen-bond acceptors (Lipinski definition) is 6. The van der Waals surface area contributed by atoms with E-state index in [0.29, 0.717) is 17.5 Å². The zero-order valence-electron chi connectivity index (χ0n) is 40.0. The first-order chi connectivity index (χ1) is 33.6. The molecule has 0 atom stereocenters. The molecular formula is C63H54N6. The molecule has 0 amide bonds. The predicted octanol–water partition coefficient (Wildman–Crippen LogP) is 17.1. The van der Waals surface area contributed by atoms with Gasteiger partial charge >= 0.3 is 0 Å². The Labute approximate surface area is 406 Å². The number of hydrogen-bond donors (Lipinski definition) is 0. The minimum atomic E-state index is 0.592. The van der Waals surface area contributed by atoms with Crippen LogP contribution in [0.2, 0.25) is 0 Å². The third-order valence-corrected chi connectivity index (χ3v) is 12.3. The molecule has 69 heavy (non-hydrogen) atoms. The summed E-state index contributed by atoms with van der Waals surface area (Å²) >= 11 is 0. The Morgan fingerprint density at radius 3 is 0.580 bits per heavy atom. The molecule has 10 rings (SSSR count). The maximum absolute atomic E-state index is 5.21. The van der Waals surface area contributed by atoms with Crippen molar-refractivity contribution in [3.63, 3.8) is 0 Å². The SMILES string of the molecule is Cc1cccc(N(c2ccc(-c3nc(-c4ccc(N(c5cccc(C)c5)c5cccc(C)c5)cc4)nc(-c4ccc(N(c5cccc(C)c5)c5cccc(C)c5)cc4)n3)cc2)c2cccc(C)c2)c1. The van der Waals surface area contributed by atoms with E-state index < -0.39 is 0 Å². The third kappa shape index (κ3) is 9.78. The predicted molar refractivity (Wildman–Crippen MR) is 289 cm³/mol. The van der Waals surface area contributed by atoms with Gasteiger partial charge in [0, 0.05) is 67.9 Å². The Morgan fingerprint density at radius 1 is 0.217 bits per heavy atom. The molecule has 0 N–H and O–H groups in total. The summed E-state index contributed by atoms with van der Waals surface area (Å²) in [7, 11) is 0. The molecule has 0 aliphatic heterocycles. The number of rotatable bonds is 12. The second kappa shape index (κ2) is 19.3. The summed E-state index contributed by atoms with van der Waals surface area (Å²) in [6.07, 6.45) is 0.